The van der Waals surface area contributed by atoms with Crippen LogP contribution in [0.3, 0.4) is 0 Å². The summed E-state index contributed by atoms with van der Waals surface area (Å²) in [5.74, 6) is -0.443. The zero-order chi connectivity index (χ0) is 25.2. The third kappa shape index (κ3) is 4.59. The first-order valence-corrected chi connectivity index (χ1v) is 12.1. The molecule has 0 unspecified atom stereocenters. The number of hydrogen-bond acceptors (Lipinski definition) is 3. The van der Waals surface area contributed by atoms with E-state index in [1.54, 1.807) is 18.3 Å². The average molecular weight is 500 g/mol. The molecular formula is C28H26FN5OS. The van der Waals surface area contributed by atoms with Crippen LogP contribution in [0.2, 0.25) is 0 Å². The van der Waals surface area contributed by atoms with Crippen molar-refractivity contribution in [1.29, 1.82) is 0 Å². The Labute approximate surface area is 214 Å². The number of rotatable bonds is 6. The highest BCUT2D eigenvalue weighted by Gasteiger charge is 2.42. The van der Waals surface area contributed by atoms with Crippen LogP contribution >= 0.6 is 12.2 Å². The second kappa shape index (κ2) is 9.91. The molecule has 5 rings (SSSR count). The number of para-hydroxylation sites is 1. The number of aromatic nitrogens is 2. The van der Waals surface area contributed by atoms with E-state index < -0.39 is 0 Å². The quantitative estimate of drug-likeness (QED) is 0.355. The SMILES string of the molecule is Cc1cc([C@@H]2[C@@H](c3ccccn3)NC(=S)N2CC(=O)Nc2ccccc2)c(C)n1-c1ccc(F)cc1. The molecule has 0 spiro atoms. The molecular weight excluding hydrogens is 473 g/mol. The fourth-order valence-corrected chi connectivity index (χ4v) is 5.17. The third-order valence-electron chi connectivity index (χ3n) is 6.44. The smallest absolute Gasteiger partial charge is 0.244 e. The summed E-state index contributed by atoms with van der Waals surface area (Å²) in [6, 6.07) is 23.2. The van der Waals surface area contributed by atoms with Gasteiger partial charge in [0.05, 0.1) is 17.8 Å². The second-order valence-electron chi connectivity index (χ2n) is 8.81. The lowest BCUT2D eigenvalue weighted by atomic mass is 9.96. The zero-order valence-corrected chi connectivity index (χ0v) is 20.8. The molecule has 2 N–H and O–H groups in total. The maximum atomic E-state index is 13.6. The van der Waals surface area contributed by atoms with Crippen molar-refractivity contribution in [1.82, 2.24) is 19.8 Å². The van der Waals surface area contributed by atoms with E-state index in [-0.39, 0.29) is 30.4 Å². The number of halogens is 1. The predicted molar refractivity (Wildman–Crippen MR) is 142 cm³/mol. The van der Waals surface area contributed by atoms with Gasteiger partial charge in [0.2, 0.25) is 5.91 Å². The lowest BCUT2D eigenvalue weighted by molar-refractivity contribution is -0.116. The van der Waals surface area contributed by atoms with Crippen molar-refractivity contribution < 1.29 is 9.18 Å². The van der Waals surface area contributed by atoms with Crippen LogP contribution in [0.4, 0.5) is 10.1 Å². The van der Waals surface area contributed by atoms with Gasteiger partial charge in [-0.3, -0.25) is 9.78 Å². The van der Waals surface area contributed by atoms with Crippen molar-refractivity contribution in [2.45, 2.75) is 25.9 Å². The van der Waals surface area contributed by atoms with Gasteiger partial charge in [-0.25, -0.2) is 4.39 Å². The van der Waals surface area contributed by atoms with Crippen molar-refractivity contribution in [3.63, 3.8) is 0 Å². The highest BCUT2D eigenvalue weighted by Crippen LogP contribution is 2.41. The van der Waals surface area contributed by atoms with E-state index in [9.17, 15) is 9.18 Å². The summed E-state index contributed by atoms with van der Waals surface area (Å²) >= 11 is 5.73. The molecule has 0 aliphatic carbocycles. The van der Waals surface area contributed by atoms with Crippen molar-refractivity contribution in [2.24, 2.45) is 0 Å². The first-order valence-electron chi connectivity index (χ1n) is 11.7. The van der Waals surface area contributed by atoms with E-state index in [4.69, 9.17) is 12.2 Å². The number of carbonyl (C=O) groups is 1. The fraction of sp³-hybridized carbons (Fsp3) is 0.179. The summed E-state index contributed by atoms with van der Waals surface area (Å²) < 4.78 is 15.7. The van der Waals surface area contributed by atoms with E-state index in [1.807, 2.05) is 67.3 Å². The molecule has 1 saturated heterocycles. The Bertz CT molecular complexity index is 1390. The van der Waals surface area contributed by atoms with Crippen molar-refractivity contribution in [3.05, 3.63) is 114 Å². The Kier molecular flexibility index (Phi) is 6.52. The molecule has 4 aromatic rings. The average Bonchev–Trinajstić information content (AvgIpc) is 3.35. The van der Waals surface area contributed by atoms with E-state index in [0.29, 0.717) is 5.11 Å². The minimum Gasteiger partial charge on any atom is -0.352 e. The largest absolute Gasteiger partial charge is 0.352 e. The number of anilines is 1. The predicted octanol–water partition coefficient (Wildman–Crippen LogP) is 5.24. The molecule has 36 heavy (non-hydrogen) atoms. The number of thiocarbonyl (C=S) groups is 1. The Hall–Kier alpha value is -4.04. The Morgan fingerprint density at radius 1 is 1.06 bits per heavy atom. The Morgan fingerprint density at radius 2 is 1.78 bits per heavy atom. The zero-order valence-electron chi connectivity index (χ0n) is 20.0. The molecule has 0 saturated carbocycles. The maximum Gasteiger partial charge on any atom is 0.244 e. The Morgan fingerprint density at radius 3 is 2.47 bits per heavy atom. The standard InChI is InChI=1S/C28H26FN5OS/c1-18-16-23(19(2)34(18)22-13-11-20(29)12-14-22)27-26(24-10-6-7-15-30-24)32-28(36)33(27)17-25(35)31-21-8-4-3-5-9-21/h3-16,26-27H,17H2,1-2H3,(H,31,35)(H,32,36)/t26-,27-/m1/s1. The molecule has 182 valence electrons. The van der Waals surface area contributed by atoms with Gasteiger partial charge in [0.15, 0.2) is 5.11 Å². The number of amides is 1. The summed E-state index contributed by atoms with van der Waals surface area (Å²) in [5, 5.41) is 6.84. The monoisotopic (exact) mass is 499 g/mol. The third-order valence-corrected chi connectivity index (χ3v) is 6.80. The molecule has 3 heterocycles. The number of hydrogen-bond donors (Lipinski definition) is 2. The van der Waals surface area contributed by atoms with Crippen LogP contribution in [-0.2, 0) is 4.79 Å². The summed E-state index contributed by atoms with van der Waals surface area (Å²) in [6.07, 6.45) is 1.75. The van der Waals surface area contributed by atoms with Crippen LogP contribution in [0.25, 0.3) is 5.69 Å². The number of nitrogens with one attached hydrogen (secondary N) is 2. The van der Waals surface area contributed by atoms with Crippen molar-refractivity contribution in [2.75, 3.05) is 11.9 Å². The van der Waals surface area contributed by atoms with Gasteiger partial charge in [0.1, 0.15) is 12.4 Å². The molecule has 2 atom stereocenters. The number of pyridine rings is 1. The van der Waals surface area contributed by atoms with E-state index in [2.05, 4.69) is 26.3 Å². The van der Waals surface area contributed by atoms with Gasteiger partial charge in [0.25, 0.3) is 0 Å². The number of benzene rings is 2. The molecule has 6 nitrogen and oxygen atoms in total. The summed E-state index contributed by atoms with van der Waals surface area (Å²) in [5.41, 5.74) is 5.45. The van der Waals surface area contributed by atoms with Gasteiger partial charge in [-0.05, 0) is 86.2 Å². The van der Waals surface area contributed by atoms with Crippen LogP contribution in [-0.4, -0.2) is 32.0 Å². The number of nitrogens with zero attached hydrogens (tertiary/aromatic N) is 3. The minimum absolute atomic E-state index is 0.0783. The molecule has 2 aromatic heterocycles. The second-order valence-corrected chi connectivity index (χ2v) is 9.19. The van der Waals surface area contributed by atoms with Crippen LogP contribution in [0.15, 0.2) is 85.1 Å². The lowest BCUT2D eigenvalue weighted by Crippen LogP contribution is -2.37. The highest BCUT2D eigenvalue weighted by molar-refractivity contribution is 7.80. The molecule has 8 heteroatoms. The topological polar surface area (TPSA) is 62.2 Å². The number of aryl methyl sites for hydroxylation is 1. The summed E-state index contributed by atoms with van der Waals surface area (Å²) in [4.78, 5) is 19.5. The maximum absolute atomic E-state index is 13.6. The first-order chi connectivity index (χ1) is 17.4. The number of carbonyl (C=O) groups excluding carboxylic acids is 1. The van der Waals surface area contributed by atoms with Crippen molar-refractivity contribution >= 4 is 28.9 Å². The molecule has 0 bridgehead atoms. The molecule has 1 amide bonds. The fourth-order valence-electron chi connectivity index (χ4n) is 4.87. The van der Waals surface area contributed by atoms with Crippen molar-refractivity contribution in [3.8, 4) is 5.69 Å². The van der Waals surface area contributed by atoms with Crippen LogP contribution in [0.1, 0.15) is 34.7 Å². The van der Waals surface area contributed by atoms with E-state index >= 15 is 0 Å². The van der Waals surface area contributed by atoms with Gasteiger partial charge in [-0.2, -0.15) is 0 Å². The van der Waals surface area contributed by atoms with Gasteiger partial charge < -0.3 is 20.1 Å². The van der Waals surface area contributed by atoms with E-state index in [0.717, 1.165) is 34.0 Å². The molecule has 1 fully saturated rings. The van der Waals surface area contributed by atoms with Gasteiger partial charge in [0, 0.05) is 29.0 Å². The molecule has 1 aliphatic heterocycles. The van der Waals surface area contributed by atoms with Gasteiger partial charge in [-0.1, -0.05) is 24.3 Å². The molecule has 0 radical (unpaired) electrons. The van der Waals surface area contributed by atoms with Gasteiger partial charge >= 0.3 is 0 Å². The van der Waals surface area contributed by atoms with E-state index in [1.165, 1.54) is 12.1 Å². The highest BCUT2D eigenvalue weighted by atomic mass is 32.1. The molecule has 2 aromatic carbocycles. The van der Waals surface area contributed by atoms with Crippen LogP contribution in [0, 0.1) is 19.7 Å². The Balaban J connectivity index is 1.53. The summed E-state index contributed by atoms with van der Waals surface area (Å²) in [6.45, 7) is 4.13. The summed E-state index contributed by atoms with van der Waals surface area (Å²) in [7, 11) is 0. The van der Waals surface area contributed by atoms with Crippen LogP contribution in [0.5, 0.6) is 0 Å². The lowest BCUT2D eigenvalue weighted by Gasteiger charge is -2.27. The van der Waals surface area contributed by atoms with Gasteiger partial charge in [-0.15, -0.1) is 0 Å². The minimum atomic E-state index is -0.280. The first kappa shape index (κ1) is 23.7. The molecule has 1 aliphatic rings. The van der Waals surface area contributed by atoms with Crippen LogP contribution < -0.4 is 10.6 Å². The normalized spacial score (nSPS) is 17.2.